The van der Waals surface area contributed by atoms with Gasteiger partial charge in [-0.1, -0.05) is 34.5 Å². The third-order valence-electron chi connectivity index (χ3n) is 5.17. The van der Waals surface area contributed by atoms with E-state index in [1.165, 1.54) is 28.8 Å². The Labute approximate surface area is 212 Å². The summed E-state index contributed by atoms with van der Waals surface area (Å²) in [6.45, 7) is 0. The number of nitrogens with zero attached hydrogens (tertiary/aromatic N) is 3. The summed E-state index contributed by atoms with van der Waals surface area (Å²) in [4.78, 5) is 22.0. The number of carbonyl (C=O) groups excluding carboxylic acids is 1. The first-order chi connectivity index (χ1) is 16.6. The van der Waals surface area contributed by atoms with Gasteiger partial charge in [-0.3, -0.25) is 9.36 Å². The maximum atomic E-state index is 12.8. The number of amides is 1. The van der Waals surface area contributed by atoms with Gasteiger partial charge < -0.3 is 5.11 Å². The lowest BCUT2D eigenvalue weighted by atomic mass is 10.1. The molecule has 3 N–H and O–H groups in total. The van der Waals surface area contributed by atoms with Gasteiger partial charge in [-0.05, 0) is 66.7 Å². The van der Waals surface area contributed by atoms with Crippen molar-refractivity contribution in [2.24, 2.45) is 15.1 Å². The number of fused-ring (bicyclic) bond motifs is 1. The highest BCUT2D eigenvalue weighted by atomic mass is 35.5. The number of rotatable bonds is 4. The Balaban J connectivity index is 1.78. The second-order valence-corrected chi connectivity index (χ2v) is 10.9. The fourth-order valence-corrected chi connectivity index (χ4v) is 5.47. The minimum absolute atomic E-state index is 0.0565. The van der Waals surface area contributed by atoms with Gasteiger partial charge in [-0.15, -0.1) is 0 Å². The van der Waals surface area contributed by atoms with Crippen LogP contribution < -0.4 is 20.5 Å². The number of sulfonamides is 1. The van der Waals surface area contributed by atoms with Crippen LogP contribution in [0.15, 0.2) is 81.6 Å². The van der Waals surface area contributed by atoms with Crippen LogP contribution in [0.4, 0.5) is 5.69 Å². The largest absolute Gasteiger partial charge is 0.493 e. The van der Waals surface area contributed by atoms with Gasteiger partial charge in [0.2, 0.25) is 15.9 Å². The van der Waals surface area contributed by atoms with Gasteiger partial charge in [-0.25, -0.2) is 23.5 Å². The van der Waals surface area contributed by atoms with Crippen LogP contribution in [0.3, 0.4) is 0 Å². The highest BCUT2D eigenvalue weighted by Crippen LogP contribution is 2.31. The SMILES string of the molecule is NS(=O)(=O)c1ccc(N=c2sc(C3=c4cc(Cl)ccc4=NC3=O)c(O)n2-c2ccc(Cl)cc2)cc1. The van der Waals surface area contributed by atoms with Crippen molar-refractivity contribution in [2.45, 2.75) is 4.90 Å². The average Bonchev–Trinajstić information content (AvgIpc) is 3.29. The second kappa shape index (κ2) is 8.74. The molecule has 0 saturated carbocycles. The van der Waals surface area contributed by atoms with Gasteiger partial charge in [0, 0.05) is 15.3 Å². The maximum absolute atomic E-state index is 12.8. The number of aromatic hydroxyl groups is 1. The summed E-state index contributed by atoms with van der Waals surface area (Å²) in [5.74, 6) is -0.727. The van der Waals surface area contributed by atoms with E-state index < -0.39 is 15.9 Å². The van der Waals surface area contributed by atoms with E-state index in [2.05, 4.69) is 9.98 Å². The molecule has 4 aromatic rings. The molecular formula is C23H14Cl2N4O4S2. The van der Waals surface area contributed by atoms with Gasteiger partial charge >= 0.3 is 0 Å². The van der Waals surface area contributed by atoms with E-state index in [9.17, 15) is 18.3 Å². The van der Waals surface area contributed by atoms with Gasteiger partial charge in [-0.2, -0.15) is 0 Å². The van der Waals surface area contributed by atoms with E-state index in [1.54, 1.807) is 42.5 Å². The summed E-state index contributed by atoms with van der Waals surface area (Å²) in [5, 5.41) is 18.3. The quantitative estimate of drug-likeness (QED) is 0.409. The number of hydrogen-bond acceptors (Lipinski definition) is 6. The van der Waals surface area contributed by atoms with Crippen LogP contribution in [0.1, 0.15) is 4.88 Å². The number of primary sulfonamides is 1. The summed E-state index contributed by atoms with van der Waals surface area (Å²) >= 11 is 13.3. The minimum Gasteiger partial charge on any atom is -0.493 e. The van der Waals surface area contributed by atoms with Crippen molar-refractivity contribution in [1.82, 2.24) is 4.57 Å². The highest BCUT2D eigenvalue weighted by molar-refractivity contribution is 7.89. The highest BCUT2D eigenvalue weighted by Gasteiger charge is 2.26. The fourth-order valence-electron chi connectivity index (χ4n) is 3.56. The smallest absolute Gasteiger partial charge is 0.279 e. The first-order valence-corrected chi connectivity index (χ1v) is 13.1. The molecule has 1 amide bonds. The van der Waals surface area contributed by atoms with E-state index in [0.29, 0.717) is 36.8 Å². The van der Waals surface area contributed by atoms with E-state index in [1.807, 2.05) is 0 Å². The van der Waals surface area contributed by atoms with Crippen molar-refractivity contribution in [3.63, 3.8) is 0 Å². The predicted octanol–water partition coefficient (Wildman–Crippen LogP) is 2.79. The Kier molecular flexibility index (Phi) is 5.86. The summed E-state index contributed by atoms with van der Waals surface area (Å²) in [6, 6.07) is 17.2. The molecule has 176 valence electrons. The molecule has 0 spiro atoms. The van der Waals surface area contributed by atoms with Gasteiger partial charge in [0.25, 0.3) is 5.91 Å². The third-order valence-corrected chi connectivity index (χ3v) is 7.63. The van der Waals surface area contributed by atoms with Crippen LogP contribution in [-0.4, -0.2) is 24.0 Å². The molecule has 0 unspecified atom stereocenters. The molecule has 0 bridgehead atoms. The van der Waals surface area contributed by atoms with Crippen LogP contribution in [0, 0.1) is 0 Å². The number of carbonyl (C=O) groups is 1. The minimum atomic E-state index is -3.86. The molecule has 35 heavy (non-hydrogen) atoms. The lowest BCUT2D eigenvalue weighted by Gasteiger charge is -2.06. The zero-order chi connectivity index (χ0) is 24.9. The molecule has 0 radical (unpaired) electrons. The van der Waals surface area contributed by atoms with Crippen LogP contribution in [0.5, 0.6) is 5.88 Å². The van der Waals surface area contributed by atoms with Crippen LogP contribution >= 0.6 is 34.5 Å². The third kappa shape index (κ3) is 4.42. The van der Waals surface area contributed by atoms with Crippen molar-refractivity contribution in [2.75, 3.05) is 0 Å². The Hall–Kier alpha value is -3.28. The molecule has 5 rings (SSSR count). The van der Waals surface area contributed by atoms with Crippen molar-refractivity contribution >= 4 is 61.7 Å². The van der Waals surface area contributed by atoms with E-state index in [0.717, 1.165) is 11.3 Å². The molecule has 1 aliphatic heterocycles. The summed E-state index contributed by atoms with van der Waals surface area (Å²) in [7, 11) is -3.86. The molecule has 0 atom stereocenters. The van der Waals surface area contributed by atoms with Crippen LogP contribution in [0.2, 0.25) is 10.0 Å². The maximum Gasteiger partial charge on any atom is 0.279 e. The number of benzene rings is 3. The topological polar surface area (TPSA) is 127 Å². The lowest BCUT2D eigenvalue weighted by molar-refractivity contribution is -0.112. The Morgan fingerprint density at radius 2 is 1.63 bits per heavy atom. The second-order valence-electron chi connectivity index (χ2n) is 7.45. The van der Waals surface area contributed by atoms with Gasteiger partial charge in [0.1, 0.15) is 4.88 Å². The summed E-state index contributed by atoms with van der Waals surface area (Å²) < 4.78 is 24.6. The summed E-state index contributed by atoms with van der Waals surface area (Å²) in [6.07, 6.45) is 0. The molecule has 2 heterocycles. The van der Waals surface area contributed by atoms with Crippen LogP contribution in [-0.2, 0) is 14.8 Å². The first kappa shape index (κ1) is 23.5. The van der Waals surface area contributed by atoms with E-state index >= 15 is 0 Å². The lowest BCUT2D eigenvalue weighted by Crippen LogP contribution is -2.22. The zero-order valence-corrected chi connectivity index (χ0v) is 20.7. The monoisotopic (exact) mass is 544 g/mol. The first-order valence-electron chi connectivity index (χ1n) is 9.93. The number of halogens is 2. The Morgan fingerprint density at radius 3 is 2.29 bits per heavy atom. The van der Waals surface area contributed by atoms with Crippen molar-refractivity contribution in [3.05, 3.63) is 97.0 Å². The normalized spacial score (nSPS) is 13.7. The number of nitrogens with two attached hydrogens (primary N) is 1. The van der Waals surface area contributed by atoms with Gasteiger partial charge in [0.15, 0.2) is 4.80 Å². The molecule has 1 aromatic heterocycles. The standard InChI is InChI=1S/C23H14Cl2N4O4S2/c24-12-1-6-15(7-2-12)29-22(31)20(19-17-11-13(25)3-10-18(17)28-21(19)30)34-23(29)27-14-4-8-16(9-5-14)35(26,32)33/h1-11,31H,(H2,26,32,33). The van der Waals surface area contributed by atoms with E-state index in [-0.39, 0.29) is 21.2 Å². The number of hydrogen-bond donors (Lipinski definition) is 2. The number of aromatic nitrogens is 1. The molecule has 1 aliphatic rings. The molecule has 0 fully saturated rings. The molecular weight excluding hydrogens is 531 g/mol. The van der Waals surface area contributed by atoms with Crippen molar-refractivity contribution in [1.29, 1.82) is 0 Å². The molecule has 0 saturated heterocycles. The Bertz CT molecular complexity index is 1810. The Morgan fingerprint density at radius 1 is 0.971 bits per heavy atom. The molecule has 8 nitrogen and oxygen atoms in total. The molecule has 0 aliphatic carbocycles. The average molecular weight is 545 g/mol. The molecule has 3 aromatic carbocycles. The fraction of sp³-hybridized carbons (Fsp3) is 0. The van der Waals surface area contributed by atoms with Crippen molar-refractivity contribution in [3.8, 4) is 11.6 Å². The molecule has 12 heteroatoms. The zero-order valence-electron chi connectivity index (χ0n) is 17.5. The summed E-state index contributed by atoms with van der Waals surface area (Å²) in [5.41, 5.74) is 1.16. The van der Waals surface area contributed by atoms with Crippen LogP contribution in [0.25, 0.3) is 11.3 Å². The van der Waals surface area contributed by atoms with E-state index in [4.69, 9.17) is 28.3 Å². The van der Waals surface area contributed by atoms with Crippen molar-refractivity contribution < 1.29 is 18.3 Å². The number of thiazole rings is 1. The predicted molar refractivity (Wildman–Crippen MR) is 133 cm³/mol. The van der Waals surface area contributed by atoms with Gasteiger partial charge in [0.05, 0.1) is 27.2 Å².